The summed E-state index contributed by atoms with van der Waals surface area (Å²) in [5, 5.41) is 3.45. The van der Waals surface area contributed by atoms with Gasteiger partial charge in [-0.15, -0.1) is 0 Å². The smallest absolute Gasteiger partial charge is 0.308 e. The Balaban J connectivity index is 1.27. The van der Waals surface area contributed by atoms with E-state index in [1.807, 2.05) is 13.0 Å². The number of Topliss-reactive ketones (excluding diaryl/α,β-unsaturated/α-hetero) is 1. The molecular weight excluding hydrogens is 637 g/mol. The largest absolute Gasteiger partial charge is 0.466 e. The Morgan fingerprint density at radius 3 is 2.48 bits per heavy atom. The topological polar surface area (TPSA) is 101 Å². The second-order valence-electron chi connectivity index (χ2n) is 13.8. The highest BCUT2D eigenvalue weighted by Crippen LogP contribution is 2.43. The number of fused-ring (bicyclic) bond motifs is 1. The molecule has 1 amide bonds. The molecule has 1 aliphatic carbocycles. The maximum atomic E-state index is 15.9. The van der Waals surface area contributed by atoms with Crippen molar-refractivity contribution in [3.05, 3.63) is 64.6 Å². The van der Waals surface area contributed by atoms with Crippen molar-refractivity contribution >= 4 is 45.9 Å². The number of para-hydroxylation sites is 1. The van der Waals surface area contributed by atoms with Gasteiger partial charge < -0.3 is 19.2 Å². The van der Waals surface area contributed by atoms with Gasteiger partial charge in [0.1, 0.15) is 17.7 Å². The highest BCUT2D eigenvalue weighted by molar-refractivity contribution is 6.34. The van der Waals surface area contributed by atoms with E-state index >= 15 is 4.39 Å². The van der Waals surface area contributed by atoms with Crippen molar-refractivity contribution in [3.8, 4) is 0 Å². The summed E-state index contributed by atoms with van der Waals surface area (Å²) in [6.45, 7) is 8.48. The lowest BCUT2D eigenvalue weighted by Gasteiger charge is -2.52. The first-order valence-electron chi connectivity index (χ1n) is 17.2. The van der Waals surface area contributed by atoms with Crippen LogP contribution in [0.25, 0.3) is 11.0 Å². The Kier molecular flexibility index (Phi) is 10.3. The molecule has 1 atom stereocenters. The number of likely N-dealkylation sites (tertiary alicyclic amines) is 2. The number of carbonyl (C=O) groups excluding carboxylic acids is 3. The van der Waals surface area contributed by atoms with E-state index in [4.69, 9.17) is 25.5 Å². The van der Waals surface area contributed by atoms with E-state index in [9.17, 15) is 14.4 Å². The van der Waals surface area contributed by atoms with Crippen molar-refractivity contribution < 1.29 is 32.7 Å². The minimum Gasteiger partial charge on any atom is -0.466 e. The van der Waals surface area contributed by atoms with Gasteiger partial charge in [-0.3, -0.25) is 24.2 Å². The molecule has 3 fully saturated rings. The molecule has 11 heteroatoms. The van der Waals surface area contributed by atoms with Crippen LogP contribution in [0, 0.1) is 11.7 Å². The molecule has 48 heavy (non-hydrogen) atoms. The van der Waals surface area contributed by atoms with E-state index in [1.54, 1.807) is 18.2 Å². The van der Waals surface area contributed by atoms with Crippen molar-refractivity contribution in [1.29, 1.82) is 0 Å². The lowest BCUT2D eigenvalue weighted by molar-refractivity contribution is -0.267. The zero-order valence-corrected chi connectivity index (χ0v) is 28.7. The first kappa shape index (κ1) is 34.5. The summed E-state index contributed by atoms with van der Waals surface area (Å²) >= 11 is 6.63. The van der Waals surface area contributed by atoms with Crippen molar-refractivity contribution in [2.24, 2.45) is 5.92 Å². The van der Waals surface area contributed by atoms with Crippen LogP contribution >= 0.6 is 11.6 Å². The van der Waals surface area contributed by atoms with E-state index in [0.717, 1.165) is 25.7 Å². The molecule has 258 valence electrons. The monoisotopic (exact) mass is 681 g/mol. The number of ether oxygens (including phenoxy) is 2. The number of furan rings is 1. The summed E-state index contributed by atoms with van der Waals surface area (Å²) in [7, 11) is 0. The molecule has 3 aliphatic rings. The first-order chi connectivity index (χ1) is 23.0. The maximum absolute atomic E-state index is 15.9. The number of nitrogens with zero attached hydrogens (tertiary/aromatic N) is 2. The molecule has 9 nitrogen and oxygen atoms in total. The number of rotatable bonds is 11. The van der Waals surface area contributed by atoms with Crippen molar-refractivity contribution in [3.63, 3.8) is 0 Å². The highest BCUT2D eigenvalue weighted by atomic mass is 35.5. The summed E-state index contributed by atoms with van der Waals surface area (Å²) in [6.07, 6.45) is 7.05. The molecule has 0 radical (unpaired) electrons. The van der Waals surface area contributed by atoms with Crippen LogP contribution in [0.3, 0.4) is 0 Å². The van der Waals surface area contributed by atoms with E-state index in [2.05, 4.69) is 29.0 Å². The fourth-order valence-electron chi connectivity index (χ4n) is 7.75. The highest BCUT2D eigenvalue weighted by Gasteiger charge is 2.57. The van der Waals surface area contributed by atoms with Crippen LogP contribution in [0.2, 0.25) is 5.02 Å². The molecule has 1 aromatic heterocycles. The summed E-state index contributed by atoms with van der Waals surface area (Å²) < 4.78 is 33.7. The molecule has 1 unspecified atom stereocenters. The molecule has 3 heterocycles. The fraction of sp³-hybridized carbons (Fsp3) is 0.541. The Morgan fingerprint density at radius 1 is 1.06 bits per heavy atom. The minimum atomic E-state index is -1.40. The quantitative estimate of drug-likeness (QED) is 0.210. The third-order valence-corrected chi connectivity index (χ3v) is 10.6. The summed E-state index contributed by atoms with van der Waals surface area (Å²) in [5.74, 6) is -3.13. The number of amides is 1. The Morgan fingerprint density at radius 2 is 1.79 bits per heavy atom. The number of anilines is 1. The summed E-state index contributed by atoms with van der Waals surface area (Å²) in [6, 6.07) is 9.73. The van der Waals surface area contributed by atoms with E-state index in [-0.39, 0.29) is 52.0 Å². The zero-order valence-electron chi connectivity index (χ0n) is 28.0. The van der Waals surface area contributed by atoms with Crippen molar-refractivity contribution in [2.45, 2.75) is 96.1 Å². The van der Waals surface area contributed by atoms with Gasteiger partial charge in [0.15, 0.2) is 5.78 Å². The zero-order chi connectivity index (χ0) is 34.1. The van der Waals surface area contributed by atoms with Crippen LogP contribution in [-0.2, 0) is 25.5 Å². The Bertz CT molecular complexity index is 1660. The second kappa shape index (κ2) is 14.3. The van der Waals surface area contributed by atoms with Gasteiger partial charge in [-0.05, 0) is 95.9 Å². The van der Waals surface area contributed by atoms with Crippen LogP contribution in [-0.4, -0.2) is 71.2 Å². The molecule has 6 rings (SSSR count). The molecule has 0 spiro atoms. The number of hydrogen-bond acceptors (Lipinski definition) is 8. The van der Waals surface area contributed by atoms with Gasteiger partial charge in [0.25, 0.3) is 5.91 Å². The molecule has 2 aliphatic heterocycles. The molecule has 1 saturated carbocycles. The standard InChI is InChI=1S/C37H45ClFN3O6/c1-4-46-35(45)24-12-14-26(15-13-24)48-37(41-17-7-8-18-41,42-19-9-16-36(42,2)3)33(43)21-25-20-29(38)31(22-30(25)39)40-34(44)28-23-47-32-11-6-5-10-27(28)32/h5-6,10-11,20,22-24,26H,4,7-9,12-19,21H2,1-3H3,(H,40,44)/t24-,26-,37?. The van der Waals surface area contributed by atoms with Crippen LogP contribution < -0.4 is 5.32 Å². The first-order valence-corrected chi connectivity index (χ1v) is 17.6. The molecule has 1 N–H and O–H groups in total. The summed E-state index contributed by atoms with van der Waals surface area (Å²) in [4.78, 5) is 44.8. The van der Waals surface area contributed by atoms with Gasteiger partial charge in [0.05, 0.1) is 34.9 Å². The van der Waals surface area contributed by atoms with Gasteiger partial charge in [0, 0.05) is 37.0 Å². The average Bonchev–Trinajstić information content (AvgIpc) is 3.83. The number of esters is 1. The van der Waals surface area contributed by atoms with Gasteiger partial charge in [0.2, 0.25) is 5.85 Å². The molecule has 2 aromatic carbocycles. The van der Waals surface area contributed by atoms with Crippen LogP contribution in [0.1, 0.15) is 88.1 Å². The van der Waals surface area contributed by atoms with Crippen LogP contribution in [0.5, 0.6) is 0 Å². The van der Waals surface area contributed by atoms with Gasteiger partial charge in [-0.2, -0.15) is 0 Å². The lowest BCUT2D eigenvalue weighted by atomic mass is 9.87. The number of benzene rings is 2. The van der Waals surface area contributed by atoms with Gasteiger partial charge >= 0.3 is 5.97 Å². The SMILES string of the molecule is CCOC(=O)[C@H]1CC[C@H](OC(C(=O)Cc2cc(Cl)c(NC(=O)c3coc4ccccc34)cc2F)(N2CCCC2)N2CCCC2(C)C)CC1. The van der Waals surface area contributed by atoms with Gasteiger partial charge in [-0.1, -0.05) is 29.8 Å². The average molecular weight is 682 g/mol. The summed E-state index contributed by atoms with van der Waals surface area (Å²) in [5.41, 5.74) is 0.764. The van der Waals surface area contributed by atoms with Crippen LogP contribution in [0.4, 0.5) is 10.1 Å². The number of carbonyl (C=O) groups is 3. The normalized spacial score (nSPS) is 22.9. The maximum Gasteiger partial charge on any atom is 0.308 e. The molecular formula is C37H45ClFN3O6. The fourth-order valence-corrected chi connectivity index (χ4v) is 7.98. The van der Waals surface area contributed by atoms with Crippen LogP contribution in [0.15, 0.2) is 47.1 Å². The Labute approximate surface area is 286 Å². The number of hydrogen-bond donors (Lipinski definition) is 1. The predicted octanol–water partition coefficient (Wildman–Crippen LogP) is 7.35. The van der Waals surface area contributed by atoms with Crippen molar-refractivity contribution in [2.75, 3.05) is 31.6 Å². The Hall–Kier alpha value is -3.31. The minimum absolute atomic E-state index is 0.0988. The van der Waals surface area contributed by atoms with Gasteiger partial charge in [-0.25, -0.2) is 4.39 Å². The molecule has 2 saturated heterocycles. The van der Waals surface area contributed by atoms with E-state index in [1.165, 1.54) is 18.4 Å². The second-order valence-corrected chi connectivity index (χ2v) is 14.2. The molecule has 0 bridgehead atoms. The number of halogens is 2. The third-order valence-electron chi connectivity index (χ3n) is 10.3. The number of ketones is 1. The number of nitrogens with one attached hydrogen (secondary N) is 1. The predicted molar refractivity (Wildman–Crippen MR) is 181 cm³/mol. The lowest BCUT2D eigenvalue weighted by Crippen LogP contribution is -2.70. The molecule has 3 aromatic rings. The third kappa shape index (κ3) is 6.77. The van der Waals surface area contributed by atoms with E-state index < -0.39 is 17.6 Å². The van der Waals surface area contributed by atoms with Crippen molar-refractivity contribution in [1.82, 2.24) is 9.80 Å². The van der Waals surface area contributed by atoms with E-state index in [0.29, 0.717) is 68.5 Å².